The highest BCUT2D eigenvalue weighted by Gasteiger charge is 2.68. The van der Waals surface area contributed by atoms with Crippen molar-refractivity contribution < 1.29 is 62.7 Å². The van der Waals surface area contributed by atoms with Crippen molar-refractivity contribution in [2.24, 2.45) is 34.5 Å². The van der Waals surface area contributed by atoms with Crippen LogP contribution in [0.3, 0.4) is 0 Å². The average molecular weight is 805 g/mol. The molecular weight excluding hydrogens is 736 g/mol. The summed E-state index contributed by atoms with van der Waals surface area (Å²) in [6.07, 6.45) is 5.18. The van der Waals surface area contributed by atoms with Crippen molar-refractivity contribution in [3.63, 3.8) is 0 Å². The largest absolute Gasteiger partial charge is 0.458 e. The van der Waals surface area contributed by atoms with E-state index in [0.29, 0.717) is 24.9 Å². The molecule has 0 aromatic carbocycles. The maximum atomic E-state index is 12.6. The van der Waals surface area contributed by atoms with Crippen molar-refractivity contribution in [2.75, 3.05) is 6.61 Å². The SMILES string of the molecule is C[C@H]1O[C@@H](O[C@H]2[C@@H](O)C[C@H](O[C@H]3[C@@H](O)C[C@H](O[C@H]4CC[C@@]5(C)[C@H](CC[C@@H]6[C@@H]5CC[C@]5(C)[C@@H](C7=CC(=O)OC7)CC[C@]65O)C4)O[C@@H]3C)O[C@@H]2C)C[C@@H]2OC(C)(C)O[C@@H]21. The molecule has 322 valence electrons. The molecule has 13 heteroatoms. The molecule has 0 bridgehead atoms. The summed E-state index contributed by atoms with van der Waals surface area (Å²) in [5.41, 5.74) is 0.246. The van der Waals surface area contributed by atoms with Crippen molar-refractivity contribution in [3.8, 4) is 0 Å². The molecule has 4 saturated carbocycles. The Morgan fingerprint density at radius 3 is 2.00 bits per heavy atom. The second kappa shape index (κ2) is 15.0. The molecule has 0 aromatic heterocycles. The Labute approximate surface area is 337 Å². The van der Waals surface area contributed by atoms with Gasteiger partial charge in [0, 0.05) is 30.8 Å². The van der Waals surface area contributed by atoms with Crippen LogP contribution in [0, 0.1) is 34.5 Å². The van der Waals surface area contributed by atoms with Gasteiger partial charge >= 0.3 is 5.97 Å². The first-order chi connectivity index (χ1) is 27.0. The maximum absolute atomic E-state index is 12.6. The number of hydrogen-bond donors (Lipinski definition) is 3. The lowest BCUT2D eigenvalue weighted by Crippen LogP contribution is -2.62. The van der Waals surface area contributed by atoms with E-state index in [2.05, 4.69) is 13.8 Å². The van der Waals surface area contributed by atoms with Crippen LogP contribution < -0.4 is 0 Å². The van der Waals surface area contributed by atoms with Gasteiger partial charge in [-0.1, -0.05) is 13.8 Å². The second-order valence-corrected chi connectivity index (χ2v) is 20.3. The van der Waals surface area contributed by atoms with Crippen molar-refractivity contribution in [1.29, 1.82) is 0 Å². The van der Waals surface area contributed by atoms with E-state index >= 15 is 0 Å². The summed E-state index contributed by atoms with van der Waals surface area (Å²) in [7, 11) is 0. The number of ether oxygens (including phenoxy) is 9. The minimum absolute atomic E-state index is 0.0389. The van der Waals surface area contributed by atoms with Crippen LogP contribution in [0.15, 0.2) is 11.6 Å². The third-order valence-corrected chi connectivity index (χ3v) is 16.7. The van der Waals surface area contributed by atoms with Crippen LogP contribution in [0.25, 0.3) is 0 Å². The summed E-state index contributed by atoms with van der Waals surface area (Å²) < 4.78 is 55.3. The molecule has 9 aliphatic rings. The van der Waals surface area contributed by atoms with E-state index in [9.17, 15) is 20.1 Å². The summed E-state index contributed by atoms with van der Waals surface area (Å²) in [5.74, 6) is 0.497. The number of carbonyl (C=O) groups excluding carboxylic acids is 1. The molecule has 13 nitrogen and oxygen atoms in total. The molecule has 20 atom stereocenters. The zero-order valence-electron chi connectivity index (χ0n) is 35.0. The van der Waals surface area contributed by atoms with Gasteiger partial charge in [0.1, 0.15) is 24.9 Å². The topological polar surface area (TPSA) is 161 Å². The lowest BCUT2D eigenvalue weighted by atomic mass is 9.43. The molecular formula is C44H68O13. The van der Waals surface area contributed by atoms with E-state index in [4.69, 9.17) is 42.6 Å². The number of cyclic esters (lactones) is 1. The molecule has 0 amide bonds. The number of esters is 1. The van der Waals surface area contributed by atoms with E-state index < -0.39 is 66.9 Å². The molecule has 5 heterocycles. The lowest BCUT2D eigenvalue weighted by molar-refractivity contribution is -0.334. The fraction of sp³-hybridized carbons (Fsp3) is 0.932. The predicted octanol–water partition coefficient (Wildman–Crippen LogP) is 5.05. The van der Waals surface area contributed by atoms with Crippen molar-refractivity contribution in [3.05, 3.63) is 11.6 Å². The fourth-order valence-electron chi connectivity index (χ4n) is 13.8. The monoisotopic (exact) mass is 804 g/mol. The first kappa shape index (κ1) is 41.1. The second-order valence-electron chi connectivity index (χ2n) is 20.3. The predicted molar refractivity (Wildman–Crippen MR) is 203 cm³/mol. The summed E-state index contributed by atoms with van der Waals surface area (Å²) in [6.45, 7) is 14.6. The summed E-state index contributed by atoms with van der Waals surface area (Å²) in [6, 6.07) is 0. The van der Waals surface area contributed by atoms with Gasteiger partial charge in [-0.25, -0.2) is 4.79 Å². The normalized spacial score (nSPS) is 54.6. The summed E-state index contributed by atoms with van der Waals surface area (Å²) in [4.78, 5) is 11.9. The highest BCUT2D eigenvalue weighted by molar-refractivity contribution is 5.85. The Kier molecular flexibility index (Phi) is 10.8. The Balaban J connectivity index is 0.756. The molecule has 0 spiro atoms. The third kappa shape index (κ3) is 7.18. The van der Waals surface area contributed by atoms with Crippen LogP contribution in [-0.4, -0.2) is 119 Å². The minimum Gasteiger partial charge on any atom is -0.458 e. The van der Waals surface area contributed by atoms with Crippen LogP contribution in [0.1, 0.15) is 126 Å². The van der Waals surface area contributed by atoms with E-state index in [1.54, 1.807) is 6.08 Å². The van der Waals surface area contributed by atoms with E-state index in [-0.39, 0.29) is 65.9 Å². The number of rotatable bonds is 7. The molecule has 3 N–H and O–H groups in total. The molecule has 0 unspecified atom stereocenters. The van der Waals surface area contributed by atoms with E-state index in [1.165, 1.54) is 0 Å². The quantitative estimate of drug-likeness (QED) is 0.232. The van der Waals surface area contributed by atoms with Gasteiger partial charge in [-0.3, -0.25) is 0 Å². The van der Waals surface area contributed by atoms with Crippen LogP contribution >= 0.6 is 0 Å². The summed E-state index contributed by atoms with van der Waals surface area (Å²) in [5, 5.41) is 35.2. The Morgan fingerprint density at radius 1 is 0.702 bits per heavy atom. The number of aliphatic hydroxyl groups is 3. The number of hydrogen-bond acceptors (Lipinski definition) is 13. The van der Waals surface area contributed by atoms with Crippen molar-refractivity contribution >= 4 is 5.97 Å². The van der Waals surface area contributed by atoms with Crippen LogP contribution in [0.5, 0.6) is 0 Å². The zero-order valence-corrected chi connectivity index (χ0v) is 35.0. The number of fused-ring (bicyclic) bond motifs is 6. The molecule has 0 aromatic rings. The first-order valence-corrected chi connectivity index (χ1v) is 22.2. The lowest BCUT2D eigenvalue weighted by Gasteiger charge is -2.64. The van der Waals surface area contributed by atoms with Gasteiger partial charge < -0.3 is 58.0 Å². The first-order valence-electron chi connectivity index (χ1n) is 22.2. The molecule has 4 saturated heterocycles. The minimum atomic E-state index is -0.861. The van der Waals surface area contributed by atoms with Gasteiger partial charge in [0.25, 0.3) is 0 Å². The van der Waals surface area contributed by atoms with Gasteiger partial charge in [0.05, 0.1) is 48.3 Å². The highest BCUT2D eigenvalue weighted by Crippen LogP contribution is 2.70. The molecule has 5 aliphatic heterocycles. The fourth-order valence-corrected chi connectivity index (χ4v) is 13.8. The van der Waals surface area contributed by atoms with E-state index in [0.717, 1.165) is 63.4 Å². The molecule has 0 radical (unpaired) electrons. The zero-order chi connectivity index (χ0) is 40.2. The highest BCUT2D eigenvalue weighted by atomic mass is 16.8. The number of aliphatic hydroxyl groups excluding tert-OH is 2. The average Bonchev–Trinajstić information content (AvgIpc) is 3.79. The number of carbonyl (C=O) groups is 1. The molecule has 8 fully saturated rings. The van der Waals surface area contributed by atoms with Crippen LogP contribution in [-0.2, 0) is 47.4 Å². The van der Waals surface area contributed by atoms with Crippen molar-refractivity contribution in [1.82, 2.24) is 0 Å². The van der Waals surface area contributed by atoms with Gasteiger partial charge in [0.2, 0.25) is 0 Å². The molecule has 57 heavy (non-hydrogen) atoms. The van der Waals surface area contributed by atoms with Gasteiger partial charge in [-0.05, 0) is 127 Å². The maximum Gasteiger partial charge on any atom is 0.331 e. The Hall–Kier alpha value is -1.23. The van der Waals surface area contributed by atoms with Gasteiger partial charge in [0.15, 0.2) is 24.7 Å². The summed E-state index contributed by atoms with van der Waals surface area (Å²) >= 11 is 0. The van der Waals surface area contributed by atoms with Crippen LogP contribution in [0.4, 0.5) is 0 Å². The standard InChI is InChI=1S/C44H68O13/c1-22-38(54-36-19-32(46)39(23(2)51-36)55-37-20-33-40(24(3)52-37)57-41(4,5)56-33)31(45)18-35(50-22)53-27-10-13-42(6)26(17-27)8-9-30-29(42)11-14-43(7)28(12-15-44(30,43)48)25-16-34(47)49-21-25/h16,22-24,26-33,35-40,45-46,48H,8-15,17-21H2,1-7H3/t22-,23-,24-,26-,27+,28-,29+,30-,31+,32+,33+,35+,36+,37+,38-,39-,40-,42+,43-,44+/m1/s1. The van der Waals surface area contributed by atoms with Crippen molar-refractivity contribution in [2.45, 2.75) is 217 Å². The van der Waals surface area contributed by atoms with Gasteiger partial charge in [-0.2, -0.15) is 0 Å². The smallest absolute Gasteiger partial charge is 0.331 e. The third-order valence-electron chi connectivity index (χ3n) is 16.7. The van der Waals surface area contributed by atoms with Gasteiger partial charge in [-0.15, -0.1) is 0 Å². The Morgan fingerprint density at radius 2 is 1.35 bits per heavy atom. The molecule has 9 rings (SSSR count). The van der Waals surface area contributed by atoms with Crippen LogP contribution in [0.2, 0.25) is 0 Å². The Bertz CT molecular complexity index is 1510. The molecule has 4 aliphatic carbocycles. The van der Waals surface area contributed by atoms with E-state index in [1.807, 2.05) is 34.6 Å².